The molecule has 1 aliphatic carbocycles. The van der Waals surface area contributed by atoms with Gasteiger partial charge in [0.2, 0.25) is 5.91 Å². The Morgan fingerprint density at radius 1 is 1.35 bits per heavy atom. The van der Waals surface area contributed by atoms with Gasteiger partial charge in [-0.3, -0.25) is 9.59 Å². The SMILES string of the molecule is NC(=O)c1ccc(NC2CCCC(C(=O)O)C2)c(Cl)c1. The summed E-state index contributed by atoms with van der Waals surface area (Å²) < 4.78 is 0. The molecule has 6 heteroatoms. The molecule has 1 saturated carbocycles. The van der Waals surface area contributed by atoms with Crippen LogP contribution in [0.25, 0.3) is 0 Å². The summed E-state index contributed by atoms with van der Waals surface area (Å²) in [6, 6.07) is 4.91. The Bertz CT molecular complexity index is 533. The largest absolute Gasteiger partial charge is 0.481 e. The van der Waals surface area contributed by atoms with Gasteiger partial charge in [-0.25, -0.2) is 0 Å². The van der Waals surface area contributed by atoms with Crippen molar-refractivity contribution >= 4 is 29.2 Å². The molecule has 0 radical (unpaired) electrons. The maximum absolute atomic E-state index is 11.1. The number of nitrogens with one attached hydrogen (secondary N) is 1. The van der Waals surface area contributed by atoms with E-state index in [1.54, 1.807) is 12.1 Å². The lowest BCUT2D eigenvalue weighted by atomic mass is 9.85. The van der Waals surface area contributed by atoms with E-state index in [-0.39, 0.29) is 12.0 Å². The van der Waals surface area contributed by atoms with Gasteiger partial charge in [-0.15, -0.1) is 0 Å². The maximum Gasteiger partial charge on any atom is 0.306 e. The van der Waals surface area contributed by atoms with Gasteiger partial charge in [-0.05, 0) is 37.5 Å². The summed E-state index contributed by atoms with van der Waals surface area (Å²) in [6.07, 6.45) is 3.11. The zero-order chi connectivity index (χ0) is 14.7. The fourth-order valence-corrected chi connectivity index (χ4v) is 2.79. The lowest BCUT2D eigenvalue weighted by molar-refractivity contribution is -0.142. The predicted molar refractivity (Wildman–Crippen MR) is 77.0 cm³/mol. The van der Waals surface area contributed by atoms with Gasteiger partial charge in [0.25, 0.3) is 0 Å². The number of halogens is 1. The van der Waals surface area contributed by atoms with E-state index in [9.17, 15) is 9.59 Å². The van der Waals surface area contributed by atoms with Gasteiger partial charge in [-0.1, -0.05) is 18.0 Å². The normalized spacial score (nSPS) is 22.2. The summed E-state index contributed by atoms with van der Waals surface area (Å²) in [5.41, 5.74) is 6.24. The molecule has 20 heavy (non-hydrogen) atoms. The van der Waals surface area contributed by atoms with Gasteiger partial charge in [0.05, 0.1) is 16.6 Å². The Kier molecular flexibility index (Phi) is 4.49. The third-order valence-corrected chi connectivity index (χ3v) is 3.95. The highest BCUT2D eigenvalue weighted by Crippen LogP contribution is 2.30. The highest BCUT2D eigenvalue weighted by Gasteiger charge is 2.27. The molecule has 0 aromatic heterocycles. The summed E-state index contributed by atoms with van der Waals surface area (Å²) in [7, 11) is 0. The van der Waals surface area contributed by atoms with Crippen LogP contribution >= 0.6 is 11.6 Å². The quantitative estimate of drug-likeness (QED) is 0.796. The van der Waals surface area contributed by atoms with Gasteiger partial charge in [0.1, 0.15) is 0 Å². The van der Waals surface area contributed by atoms with E-state index in [1.165, 1.54) is 6.07 Å². The van der Waals surface area contributed by atoms with Crippen LogP contribution in [0, 0.1) is 5.92 Å². The van der Waals surface area contributed by atoms with Gasteiger partial charge in [0.15, 0.2) is 0 Å². The van der Waals surface area contributed by atoms with Crippen LogP contribution in [0.15, 0.2) is 18.2 Å². The fourth-order valence-electron chi connectivity index (χ4n) is 2.55. The minimum Gasteiger partial charge on any atom is -0.481 e. The van der Waals surface area contributed by atoms with E-state index in [1.807, 2.05) is 0 Å². The van der Waals surface area contributed by atoms with E-state index in [0.717, 1.165) is 19.3 Å². The number of carbonyl (C=O) groups is 2. The molecule has 0 saturated heterocycles. The Morgan fingerprint density at radius 3 is 2.70 bits per heavy atom. The van der Waals surface area contributed by atoms with Crippen molar-refractivity contribution in [3.63, 3.8) is 0 Å². The summed E-state index contributed by atoms with van der Waals surface area (Å²) in [5, 5.41) is 12.7. The number of carboxylic acids is 1. The van der Waals surface area contributed by atoms with Gasteiger partial charge < -0.3 is 16.2 Å². The molecule has 0 heterocycles. The van der Waals surface area contributed by atoms with Crippen molar-refractivity contribution in [2.45, 2.75) is 31.7 Å². The number of carboxylic acid groups (broad SMARTS) is 1. The van der Waals surface area contributed by atoms with Gasteiger partial charge >= 0.3 is 5.97 Å². The minimum atomic E-state index is -0.744. The van der Waals surface area contributed by atoms with Crippen LogP contribution in [-0.4, -0.2) is 23.0 Å². The summed E-state index contributed by atoms with van der Waals surface area (Å²) in [5.74, 6) is -1.57. The molecule has 1 aromatic rings. The van der Waals surface area contributed by atoms with Crippen molar-refractivity contribution in [2.24, 2.45) is 11.7 Å². The Labute approximate surface area is 122 Å². The highest BCUT2D eigenvalue weighted by molar-refractivity contribution is 6.33. The van der Waals surface area contributed by atoms with Crippen LogP contribution < -0.4 is 11.1 Å². The molecule has 5 nitrogen and oxygen atoms in total. The van der Waals surface area contributed by atoms with E-state index in [2.05, 4.69) is 5.32 Å². The molecule has 0 bridgehead atoms. The predicted octanol–water partition coefficient (Wildman–Crippen LogP) is 2.49. The number of primary amides is 1. The molecule has 1 amide bonds. The van der Waals surface area contributed by atoms with Crippen LogP contribution in [0.1, 0.15) is 36.0 Å². The highest BCUT2D eigenvalue weighted by atomic mass is 35.5. The van der Waals surface area contributed by atoms with E-state index in [4.69, 9.17) is 22.4 Å². The Balaban J connectivity index is 2.06. The molecule has 108 valence electrons. The van der Waals surface area contributed by atoms with E-state index < -0.39 is 11.9 Å². The number of nitrogens with two attached hydrogens (primary N) is 1. The number of aliphatic carboxylic acids is 1. The van der Waals surface area contributed by atoms with Crippen molar-refractivity contribution in [1.82, 2.24) is 0 Å². The Morgan fingerprint density at radius 2 is 2.10 bits per heavy atom. The average molecular weight is 297 g/mol. The molecular weight excluding hydrogens is 280 g/mol. The van der Waals surface area contributed by atoms with Gasteiger partial charge in [-0.2, -0.15) is 0 Å². The number of hydrogen-bond donors (Lipinski definition) is 3. The summed E-state index contributed by atoms with van der Waals surface area (Å²) in [4.78, 5) is 22.1. The number of amides is 1. The lowest BCUT2D eigenvalue weighted by Gasteiger charge is -2.28. The first-order valence-electron chi connectivity index (χ1n) is 6.56. The maximum atomic E-state index is 11.1. The summed E-state index contributed by atoms with van der Waals surface area (Å²) >= 11 is 6.11. The fraction of sp³-hybridized carbons (Fsp3) is 0.429. The zero-order valence-corrected chi connectivity index (χ0v) is 11.7. The van der Waals surface area contributed by atoms with Crippen LogP contribution in [0.4, 0.5) is 5.69 Å². The molecule has 2 rings (SSSR count). The monoisotopic (exact) mass is 296 g/mol. The smallest absolute Gasteiger partial charge is 0.306 e. The molecule has 1 fully saturated rings. The first kappa shape index (κ1) is 14.7. The molecule has 0 spiro atoms. The van der Waals surface area contributed by atoms with E-state index >= 15 is 0 Å². The van der Waals surface area contributed by atoms with Crippen molar-refractivity contribution in [3.05, 3.63) is 28.8 Å². The van der Waals surface area contributed by atoms with Crippen molar-refractivity contribution in [1.29, 1.82) is 0 Å². The zero-order valence-electron chi connectivity index (χ0n) is 10.9. The van der Waals surface area contributed by atoms with Crippen molar-refractivity contribution in [3.8, 4) is 0 Å². The van der Waals surface area contributed by atoms with Gasteiger partial charge in [0, 0.05) is 11.6 Å². The second kappa shape index (κ2) is 6.13. The lowest BCUT2D eigenvalue weighted by Crippen LogP contribution is -2.31. The molecule has 1 aliphatic rings. The molecule has 0 aliphatic heterocycles. The average Bonchev–Trinajstić information content (AvgIpc) is 2.41. The van der Waals surface area contributed by atoms with Crippen molar-refractivity contribution in [2.75, 3.05) is 5.32 Å². The molecule has 2 unspecified atom stereocenters. The van der Waals surface area contributed by atoms with Crippen molar-refractivity contribution < 1.29 is 14.7 Å². The van der Waals surface area contributed by atoms with Crippen LogP contribution in [-0.2, 0) is 4.79 Å². The number of hydrogen-bond acceptors (Lipinski definition) is 3. The molecule has 4 N–H and O–H groups in total. The third-order valence-electron chi connectivity index (χ3n) is 3.64. The molecular formula is C14H17ClN2O3. The number of benzene rings is 1. The Hall–Kier alpha value is -1.75. The minimum absolute atomic E-state index is 0.0850. The number of rotatable bonds is 4. The van der Waals surface area contributed by atoms with Crippen LogP contribution in [0.3, 0.4) is 0 Å². The standard InChI is InChI=1S/C14H17ClN2O3/c15-11-7-8(13(16)18)4-5-12(11)17-10-3-1-2-9(6-10)14(19)20/h4-5,7,9-10,17H,1-3,6H2,(H2,16,18)(H,19,20). The number of anilines is 1. The second-order valence-electron chi connectivity index (χ2n) is 5.10. The molecule has 2 atom stereocenters. The summed E-state index contributed by atoms with van der Waals surface area (Å²) in [6.45, 7) is 0. The van der Waals surface area contributed by atoms with Crippen LogP contribution in [0.2, 0.25) is 5.02 Å². The number of carbonyl (C=O) groups excluding carboxylic acids is 1. The molecule has 1 aromatic carbocycles. The van der Waals surface area contributed by atoms with E-state index in [0.29, 0.717) is 22.7 Å². The topological polar surface area (TPSA) is 92.4 Å². The first-order valence-corrected chi connectivity index (χ1v) is 6.94. The van der Waals surface area contributed by atoms with Crippen LogP contribution in [0.5, 0.6) is 0 Å². The first-order chi connectivity index (χ1) is 9.47. The third kappa shape index (κ3) is 3.42. The second-order valence-corrected chi connectivity index (χ2v) is 5.51.